The van der Waals surface area contributed by atoms with Crippen molar-refractivity contribution < 1.29 is 9.53 Å². The number of nitrogens with zero attached hydrogens (tertiary/aromatic N) is 2. The largest absolute Gasteiger partial charge is 0.483 e. The third kappa shape index (κ3) is 5.20. The summed E-state index contributed by atoms with van der Waals surface area (Å²) < 4.78 is 7.84. The van der Waals surface area contributed by atoms with Crippen molar-refractivity contribution in [1.82, 2.24) is 9.55 Å². The fourth-order valence-electron chi connectivity index (χ4n) is 3.95. The van der Waals surface area contributed by atoms with Gasteiger partial charge in [0, 0.05) is 12.6 Å². The Morgan fingerprint density at radius 2 is 2.03 bits per heavy atom. The Kier molecular flexibility index (Phi) is 7.59. The van der Waals surface area contributed by atoms with Crippen molar-refractivity contribution in [3.05, 3.63) is 49.1 Å². The van der Waals surface area contributed by atoms with Gasteiger partial charge < -0.3 is 10.5 Å². The molecule has 0 unspecified atom stereocenters. The Morgan fingerprint density at radius 3 is 2.68 bits per heavy atom. The lowest BCUT2D eigenvalue weighted by molar-refractivity contribution is -0.121. The van der Waals surface area contributed by atoms with Gasteiger partial charge in [-0.1, -0.05) is 32.3 Å². The Balaban J connectivity index is 1.95. The van der Waals surface area contributed by atoms with Crippen LogP contribution >= 0.6 is 15.9 Å². The zero-order valence-corrected chi connectivity index (χ0v) is 19.5. The molecule has 0 atom stereocenters. The van der Waals surface area contributed by atoms with Gasteiger partial charge in [0.25, 0.3) is 11.5 Å². The summed E-state index contributed by atoms with van der Waals surface area (Å²) in [5.41, 5.74) is 6.18. The second-order valence-corrected chi connectivity index (χ2v) is 8.78. The van der Waals surface area contributed by atoms with Crippen molar-refractivity contribution in [3.63, 3.8) is 0 Å². The number of unbranched alkanes of at least 4 members (excludes halogenated alkanes) is 1. The van der Waals surface area contributed by atoms with E-state index in [9.17, 15) is 14.4 Å². The van der Waals surface area contributed by atoms with Gasteiger partial charge in [-0.25, -0.2) is 4.79 Å². The van der Waals surface area contributed by atoms with Crippen molar-refractivity contribution >= 4 is 33.3 Å². The quantitative estimate of drug-likeness (QED) is 0.586. The number of nitrogens with two attached hydrogens (primary N) is 1. The number of aryl methyl sites for hydroxylation is 1. The molecule has 0 spiro atoms. The fraction of sp³-hybridized carbons (Fsp3) is 0.500. The molecule has 1 fully saturated rings. The second kappa shape index (κ2) is 10.2. The number of carbonyl (C=O) groups is 1. The van der Waals surface area contributed by atoms with Gasteiger partial charge in [0.15, 0.2) is 12.3 Å². The van der Waals surface area contributed by atoms with E-state index in [4.69, 9.17) is 10.5 Å². The molecule has 2 aromatic rings. The molecule has 9 heteroatoms. The molecule has 0 radical (unpaired) electrons. The summed E-state index contributed by atoms with van der Waals surface area (Å²) in [5, 5.41) is 0. The summed E-state index contributed by atoms with van der Waals surface area (Å²) in [7, 11) is 0. The third-order valence-corrected chi connectivity index (χ3v) is 6.21. The van der Waals surface area contributed by atoms with Crippen molar-refractivity contribution in [3.8, 4) is 5.75 Å². The van der Waals surface area contributed by atoms with Crippen LogP contribution in [0.2, 0.25) is 0 Å². The van der Waals surface area contributed by atoms with E-state index >= 15 is 0 Å². The number of aromatic nitrogens is 2. The number of carbonyl (C=O) groups excluding carboxylic acids is 1. The van der Waals surface area contributed by atoms with Gasteiger partial charge in [0.2, 0.25) is 0 Å². The van der Waals surface area contributed by atoms with Crippen LogP contribution in [0.15, 0.2) is 32.3 Å². The van der Waals surface area contributed by atoms with Crippen LogP contribution in [0.5, 0.6) is 5.75 Å². The molecule has 0 saturated heterocycles. The molecule has 8 nitrogen and oxygen atoms in total. The number of hydrogen-bond donors (Lipinski definition) is 2. The number of nitrogen functional groups attached to an aromatic ring is 1. The summed E-state index contributed by atoms with van der Waals surface area (Å²) in [6.45, 7) is 4.10. The maximum atomic E-state index is 13.3. The lowest BCUT2D eigenvalue weighted by atomic mass is 10.2. The highest BCUT2D eigenvalue weighted by Crippen LogP contribution is 2.30. The maximum absolute atomic E-state index is 13.3. The van der Waals surface area contributed by atoms with Gasteiger partial charge in [-0.3, -0.25) is 24.0 Å². The van der Waals surface area contributed by atoms with E-state index in [1.54, 1.807) is 6.07 Å². The SMILES string of the molecule is CCCCn1c(N)c(N(C(=O)COc2ccc(C)cc2Br)C2CCCC2)c(=O)[nH]c1=O. The van der Waals surface area contributed by atoms with Crippen LogP contribution in [0.25, 0.3) is 0 Å². The summed E-state index contributed by atoms with van der Waals surface area (Å²) >= 11 is 3.45. The molecule has 168 valence electrons. The first-order valence-corrected chi connectivity index (χ1v) is 11.5. The summed E-state index contributed by atoms with van der Waals surface area (Å²) in [4.78, 5) is 42.1. The molecule has 1 saturated carbocycles. The summed E-state index contributed by atoms with van der Waals surface area (Å²) in [6.07, 6.45) is 5.07. The molecule has 3 rings (SSSR count). The van der Waals surface area contributed by atoms with Crippen LogP contribution in [0.4, 0.5) is 11.5 Å². The van der Waals surface area contributed by atoms with E-state index < -0.39 is 11.2 Å². The lowest BCUT2D eigenvalue weighted by Crippen LogP contribution is -2.47. The van der Waals surface area contributed by atoms with E-state index in [1.807, 2.05) is 26.0 Å². The number of nitrogens with one attached hydrogen (secondary N) is 1. The van der Waals surface area contributed by atoms with Crippen LogP contribution in [0.1, 0.15) is 51.0 Å². The van der Waals surface area contributed by atoms with Crippen LogP contribution in [0.3, 0.4) is 0 Å². The van der Waals surface area contributed by atoms with Crippen molar-refractivity contribution in [1.29, 1.82) is 0 Å². The van der Waals surface area contributed by atoms with Crippen molar-refractivity contribution in [2.75, 3.05) is 17.2 Å². The zero-order chi connectivity index (χ0) is 22.5. The number of anilines is 2. The predicted molar refractivity (Wildman–Crippen MR) is 125 cm³/mol. The highest BCUT2D eigenvalue weighted by Gasteiger charge is 2.32. The number of benzene rings is 1. The highest BCUT2D eigenvalue weighted by atomic mass is 79.9. The number of halogens is 1. The van der Waals surface area contributed by atoms with Crippen molar-refractivity contribution in [2.45, 2.75) is 65.0 Å². The summed E-state index contributed by atoms with van der Waals surface area (Å²) in [5.74, 6) is 0.205. The second-order valence-electron chi connectivity index (χ2n) is 7.92. The third-order valence-electron chi connectivity index (χ3n) is 5.59. The van der Waals surface area contributed by atoms with Gasteiger partial charge in [0.1, 0.15) is 11.6 Å². The van der Waals surface area contributed by atoms with E-state index in [0.717, 1.165) is 48.6 Å². The molecule has 1 aromatic heterocycles. The minimum Gasteiger partial charge on any atom is -0.483 e. The van der Waals surface area contributed by atoms with Gasteiger partial charge in [-0.2, -0.15) is 0 Å². The topological polar surface area (TPSA) is 110 Å². The van der Waals surface area contributed by atoms with E-state index in [2.05, 4.69) is 20.9 Å². The van der Waals surface area contributed by atoms with Crippen LogP contribution in [-0.4, -0.2) is 28.1 Å². The molecule has 1 aromatic carbocycles. The van der Waals surface area contributed by atoms with E-state index in [0.29, 0.717) is 12.3 Å². The Labute approximate surface area is 189 Å². The smallest absolute Gasteiger partial charge is 0.330 e. The van der Waals surface area contributed by atoms with E-state index in [1.165, 1.54) is 9.47 Å². The molecule has 1 amide bonds. The molecule has 1 heterocycles. The van der Waals surface area contributed by atoms with Gasteiger partial charge in [0.05, 0.1) is 4.47 Å². The molecule has 31 heavy (non-hydrogen) atoms. The zero-order valence-electron chi connectivity index (χ0n) is 17.9. The first-order valence-electron chi connectivity index (χ1n) is 10.7. The van der Waals surface area contributed by atoms with Crippen LogP contribution in [0, 0.1) is 6.92 Å². The van der Waals surface area contributed by atoms with Crippen molar-refractivity contribution in [2.24, 2.45) is 0 Å². The minimum absolute atomic E-state index is 0.0268. The predicted octanol–water partition coefficient (Wildman–Crippen LogP) is 3.34. The van der Waals surface area contributed by atoms with Crippen LogP contribution in [-0.2, 0) is 11.3 Å². The number of amides is 1. The first-order chi connectivity index (χ1) is 14.8. The number of ether oxygens (including phenoxy) is 1. The molecular weight excluding hydrogens is 464 g/mol. The van der Waals surface area contributed by atoms with E-state index in [-0.39, 0.29) is 30.1 Å². The first kappa shape index (κ1) is 23.1. The standard InChI is InChI=1S/C22H29BrN4O4/c1-3-4-11-26-20(24)19(21(29)25-22(26)30)27(15-7-5-6-8-15)18(28)13-31-17-10-9-14(2)12-16(17)23/h9-10,12,15H,3-8,11,13,24H2,1-2H3,(H,25,29,30). The number of rotatable bonds is 8. The maximum Gasteiger partial charge on any atom is 0.330 e. The number of hydrogen-bond acceptors (Lipinski definition) is 5. The summed E-state index contributed by atoms with van der Waals surface area (Å²) in [6, 6.07) is 5.43. The molecule has 1 aliphatic rings. The van der Waals surface area contributed by atoms with Gasteiger partial charge >= 0.3 is 5.69 Å². The molecule has 0 aliphatic heterocycles. The Morgan fingerprint density at radius 1 is 1.32 bits per heavy atom. The average molecular weight is 493 g/mol. The van der Waals surface area contributed by atoms with Gasteiger partial charge in [-0.05, 0) is 59.8 Å². The molecule has 3 N–H and O–H groups in total. The molecule has 0 bridgehead atoms. The normalized spacial score (nSPS) is 14.0. The minimum atomic E-state index is -0.646. The van der Waals surface area contributed by atoms with Crippen LogP contribution < -0.4 is 26.6 Å². The number of H-pyrrole nitrogens is 1. The lowest BCUT2D eigenvalue weighted by Gasteiger charge is -2.30. The fourth-order valence-corrected chi connectivity index (χ4v) is 4.56. The monoisotopic (exact) mass is 492 g/mol. The molecular formula is C22H29BrN4O4. The number of aromatic amines is 1. The Bertz CT molecular complexity index is 1060. The van der Waals surface area contributed by atoms with Gasteiger partial charge in [-0.15, -0.1) is 0 Å². The molecule has 1 aliphatic carbocycles. The Hall–Kier alpha value is -2.55. The average Bonchev–Trinajstić information content (AvgIpc) is 3.24. The highest BCUT2D eigenvalue weighted by molar-refractivity contribution is 9.10.